The molecule has 0 aliphatic heterocycles. The first-order valence-electron chi connectivity index (χ1n) is 8.76. The van der Waals surface area contributed by atoms with Gasteiger partial charge in [0.1, 0.15) is 5.01 Å². The van der Waals surface area contributed by atoms with E-state index >= 15 is 0 Å². The Balaban J connectivity index is 1.46. The van der Waals surface area contributed by atoms with E-state index in [-0.39, 0.29) is 24.1 Å². The van der Waals surface area contributed by atoms with Crippen molar-refractivity contribution >= 4 is 45.0 Å². The Morgan fingerprint density at radius 1 is 0.929 bits per heavy atom. The third-order valence-corrected chi connectivity index (χ3v) is 4.91. The van der Waals surface area contributed by atoms with Crippen LogP contribution in [0.1, 0.15) is 22.3 Å². The largest absolute Gasteiger partial charge is 0.350 e. The first-order valence-corrected chi connectivity index (χ1v) is 9.57. The molecule has 9 heteroatoms. The molecule has 0 fully saturated rings. The number of nitrogens with one attached hydrogen (secondary N) is 3. The van der Waals surface area contributed by atoms with Crippen molar-refractivity contribution in [3.05, 3.63) is 53.0 Å². The Morgan fingerprint density at radius 2 is 1.68 bits per heavy atom. The van der Waals surface area contributed by atoms with Crippen molar-refractivity contribution < 1.29 is 14.4 Å². The molecule has 8 nitrogen and oxygen atoms in total. The second-order valence-electron chi connectivity index (χ2n) is 5.85. The van der Waals surface area contributed by atoms with Gasteiger partial charge in [-0.2, -0.15) is 0 Å². The minimum atomic E-state index is -0.820. The van der Waals surface area contributed by atoms with Crippen molar-refractivity contribution in [3.63, 3.8) is 0 Å². The van der Waals surface area contributed by atoms with Crippen LogP contribution in [0.3, 0.4) is 0 Å². The molecular formula is C19H19N5O3S. The smallest absolute Gasteiger partial charge is 0.315 e. The van der Waals surface area contributed by atoms with Crippen LogP contribution >= 0.6 is 11.3 Å². The van der Waals surface area contributed by atoms with E-state index in [4.69, 9.17) is 0 Å². The van der Waals surface area contributed by atoms with Crippen molar-refractivity contribution in [3.8, 4) is 0 Å². The van der Waals surface area contributed by atoms with E-state index in [9.17, 15) is 14.4 Å². The van der Waals surface area contributed by atoms with Crippen LogP contribution in [0.4, 0.5) is 5.13 Å². The van der Waals surface area contributed by atoms with E-state index in [0.717, 1.165) is 15.8 Å². The molecule has 0 atom stereocenters. The van der Waals surface area contributed by atoms with Gasteiger partial charge >= 0.3 is 11.8 Å². The molecule has 3 aromatic rings. The summed E-state index contributed by atoms with van der Waals surface area (Å²) < 4.78 is 0. The van der Waals surface area contributed by atoms with Crippen LogP contribution in [-0.2, 0) is 16.0 Å². The maximum absolute atomic E-state index is 12.4. The molecule has 1 heterocycles. The summed E-state index contributed by atoms with van der Waals surface area (Å²) in [4.78, 5) is 36.1. The summed E-state index contributed by atoms with van der Waals surface area (Å²) in [6.45, 7) is 2.24. The molecule has 0 bridgehead atoms. The van der Waals surface area contributed by atoms with Crippen LogP contribution in [0.2, 0.25) is 0 Å². The van der Waals surface area contributed by atoms with Crippen molar-refractivity contribution in [1.29, 1.82) is 0 Å². The number of fused-ring (bicyclic) bond motifs is 1. The molecule has 28 heavy (non-hydrogen) atoms. The molecule has 0 spiro atoms. The molecule has 0 radical (unpaired) electrons. The van der Waals surface area contributed by atoms with Crippen LogP contribution < -0.4 is 16.0 Å². The van der Waals surface area contributed by atoms with Crippen LogP contribution in [0.15, 0.2) is 42.5 Å². The summed E-state index contributed by atoms with van der Waals surface area (Å²) in [6, 6.07) is 13.1. The van der Waals surface area contributed by atoms with Gasteiger partial charge in [-0.1, -0.05) is 54.7 Å². The Kier molecular flexibility index (Phi) is 6.28. The number of amides is 3. The molecule has 3 N–H and O–H groups in total. The highest BCUT2D eigenvalue weighted by molar-refractivity contribution is 7.15. The number of carbonyl (C=O) groups is 3. The summed E-state index contributed by atoms with van der Waals surface area (Å²) in [7, 11) is 0. The van der Waals surface area contributed by atoms with Crippen molar-refractivity contribution in [2.45, 2.75) is 13.3 Å². The Labute approximate surface area is 165 Å². The number of carbonyl (C=O) groups excluding carboxylic acids is 3. The molecule has 3 rings (SSSR count). The monoisotopic (exact) mass is 397 g/mol. The number of aromatic nitrogens is 2. The highest BCUT2D eigenvalue weighted by Crippen LogP contribution is 2.18. The van der Waals surface area contributed by atoms with Gasteiger partial charge in [-0.15, -0.1) is 10.2 Å². The summed E-state index contributed by atoms with van der Waals surface area (Å²) >= 11 is 1.22. The van der Waals surface area contributed by atoms with E-state index < -0.39 is 11.8 Å². The molecule has 0 aliphatic rings. The lowest BCUT2D eigenvalue weighted by molar-refractivity contribution is -0.136. The maximum atomic E-state index is 12.4. The molecule has 0 unspecified atom stereocenters. The number of hydrogen-bond acceptors (Lipinski definition) is 6. The van der Waals surface area contributed by atoms with Gasteiger partial charge in [0, 0.05) is 18.7 Å². The predicted octanol–water partition coefficient (Wildman–Crippen LogP) is 1.74. The zero-order valence-corrected chi connectivity index (χ0v) is 16.0. The number of aryl methyl sites for hydroxylation is 1. The highest BCUT2D eigenvalue weighted by atomic mass is 32.1. The summed E-state index contributed by atoms with van der Waals surface area (Å²) in [5.74, 6) is -1.86. The van der Waals surface area contributed by atoms with Gasteiger partial charge < -0.3 is 10.6 Å². The first-order chi connectivity index (χ1) is 13.6. The van der Waals surface area contributed by atoms with Gasteiger partial charge in [0.2, 0.25) is 5.13 Å². The van der Waals surface area contributed by atoms with Crippen LogP contribution in [0, 0.1) is 0 Å². The van der Waals surface area contributed by atoms with Gasteiger partial charge in [-0.05, 0) is 23.3 Å². The molecule has 0 saturated carbocycles. The molecule has 0 saturated heterocycles. The average Bonchev–Trinajstić information content (AvgIpc) is 3.17. The average molecular weight is 397 g/mol. The van der Waals surface area contributed by atoms with Crippen molar-refractivity contribution in [2.75, 3.05) is 18.4 Å². The van der Waals surface area contributed by atoms with Crippen LogP contribution in [0.25, 0.3) is 10.8 Å². The zero-order chi connectivity index (χ0) is 19.9. The fourth-order valence-corrected chi connectivity index (χ4v) is 3.23. The molecule has 3 amide bonds. The van der Waals surface area contributed by atoms with Gasteiger partial charge in [0.25, 0.3) is 5.91 Å². The number of benzene rings is 2. The van der Waals surface area contributed by atoms with Crippen molar-refractivity contribution in [1.82, 2.24) is 20.8 Å². The van der Waals surface area contributed by atoms with E-state index in [1.807, 2.05) is 43.3 Å². The van der Waals surface area contributed by atoms with E-state index in [1.54, 1.807) is 6.07 Å². The fraction of sp³-hybridized carbons (Fsp3) is 0.211. The quantitative estimate of drug-likeness (QED) is 0.433. The van der Waals surface area contributed by atoms with Gasteiger partial charge in [-0.3, -0.25) is 19.7 Å². The highest BCUT2D eigenvalue weighted by Gasteiger charge is 2.16. The predicted molar refractivity (Wildman–Crippen MR) is 107 cm³/mol. The normalized spacial score (nSPS) is 10.5. The lowest BCUT2D eigenvalue weighted by atomic mass is 10.0. The zero-order valence-electron chi connectivity index (χ0n) is 15.2. The fourth-order valence-electron chi connectivity index (χ4n) is 2.55. The number of hydrogen-bond donors (Lipinski definition) is 3. The number of rotatable bonds is 6. The number of anilines is 1. The van der Waals surface area contributed by atoms with Gasteiger partial charge in [-0.25, -0.2) is 0 Å². The molecule has 144 valence electrons. The molecular weight excluding hydrogens is 378 g/mol. The number of nitrogens with zero attached hydrogens (tertiary/aromatic N) is 2. The third kappa shape index (κ3) is 4.68. The lowest BCUT2D eigenvalue weighted by Gasteiger charge is -2.09. The van der Waals surface area contributed by atoms with Crippen LogP contribution in [0.5, 0.6) is 0 Å². The van der Waals surface area contributed by atoms with Crippen LogP contribution in [-0.4, -0.2) is 41.0 Å². The Hall–Kier alpha value is -3.33. The summed E-state index contributed by atoms with van der Waals surface area (Å²) in [6.07, 6.45) is 0.704. The Morgan fingerprint density at radius 3 is 2.46 bits per heavy atom. The minimum absolute atomic E-state index is 0.124. The first kappa shape index (κ1) is 19.4. The molecule has 2 aromatic carbocycles. The molecule has 1 aromatic heterocycles. The van der Waals surface area contributed by atoms with E-state index in [2.05, 4.69) is 26.1 Å². The molecule has 0 aliphatic carbocycles. The second-order valence-corrected chi connectivity index (χ2v) is 6.91. The van der Waals surface area contributed by atoms with E-state index in [1.165, 1.54) is 11.3 Å². The van der Waals surface area contributed by atoms with Gasteiger partial charge in [0.15, 0.2) is 0 Å². The summed E-state index contributed by atoms with van der Waals surface area (Å²) in [5.41, 5.74) is 0.560. The minimum Gasteiger partial charge on any atom is -0.350 e. The van der Waals surface area contributed by atoms with Crippen molar-refractivity contribution in [2.24, 2.45) is 0 Å². The third-order valence-electron chi connectivity index (χ3n) is 3.93. The lowest BCUT2D eigenvalue weighted by Crippen LogP contribution is -2.40. The topological polar surface area (TPSA) is 113 Å². The Bertz CT molecular complexity index is 1010. The maximum Gasteiger partial charge on any atom is 0.315 e. The second kappa shape index (κ2) is 9.05. The van der Waals surface area contributed by atoms with Gasteiger partial charge in [0.05, 0.1) is 0 Å². The summed E-state index contributed by atoms with van der Waals surface area (Å²) in [5, 5.41) is 18.1. The SMILES string of the molecule is CCc1nnc(NC(=O)C(=O)NCCNC(=O)c2cccc3ccccc23)s1. The standard InChI is InChI=1S/C19H19N5O3S/c1-2-15-23-24-19(28-15)22-18(27)17(26)21-11-10-20-16(25)14-9-5-7-12-6-3-4-8-13(12)14/h3-9H,2,10-11H2,1H3,(H,20,25)(H,21,26)(H,22,24,27). The van der Waals surface area contributed by atoms with E-state index in [0.29, 0.717) is 12.0 Å².